The van der Waals surface area contributed by atoms with Crippen LogP contribution in [0.1, 0.15) is 19.4 Å². The lowest BCUT2D eigenvalue weighted by atomic mass is 10.2. The van der Waals surface area contributed by atoms with Crippen LogP contribution in [-0.2, 0) is 20.9 Å². The van der Waals surface area contributed by atoms with E-state index in [1.54, 1.807) is 25.1 Å². The second-order valence-electron chi connectivity index (χ2n) is 4.48. The highest BCUT2D eigenvalue weighted by molar-refractivity contribution is 5.87. The molecule has 0 saturated heterocycles. The molecule has 1 atom stereocenters. The van der Waals surface area contributed by atoms with Crippen LogP contribution in [0.3, 0.4) is 0 Å². The van der Waals surface area contributed by atoms with Gasteiger partial charge in [0.2, 0.25) is 6.79 Å². The Labute approximate surface area is 122 Å². The second-order valence-corrected chi connectivity index (χ2v) is 4.48. The number of carbonyl (C=O) groups is 2. The maximum atomic E-state index is 11.8. The van der Waals surface area contributed by atoms with E-state index in [-0.39, 0.29) is 12.7 Å². The maximum absolute atomic E-state index is 11.8. The number of esters is 1. The topological polar surface area (TPSA) is 73.9 Å². The first-order valence-electron chi connectivity index (χ1n) is 6.59. The van der Waals surface area contributed by atoms with E-state index in [1.807, 2.05) is 6.07 Å². The number of benzene rings is 1. The highest BCUT2D eigenvalue weighted by atomic mass is 16.7. The summed E-state index contributed by atoms with van der Waals surface area (Å²) in [4.78, 5) is 23.1. The third-order valence-corrected chi connectivity index (χ3v) is 2.87. The summed E-state index contributed by atoms with van der Waals surface area (Å²) in [5.41, 5.74) is 0.875. The summed E-state index contributed by atoms with van der Waals surface area (Å²) < 4.78 is 15.4. The van der Waals surface area contributed by atoms with E-state index in [2.05, 4.69) is 5.32 Å². The predicted octanol–water partition coefficient (Wildman–Crippen LogP) is 1.54. The lowest BCUT2D eigenvalue weighted by molar-refractivity contribution is -0.150. The van der Waals surface area contributed by atoms with Gasteiger partial charge in [0.1, 0.15) is 0 Å². The van der Waals surface area contributed by atoms with Gasteiger partial charge in [0.05, 0.1) is 0 Å². The van der Waals surface area contributed by atoms with Gasteiger partial charge in [-0.3, -0.25) is 4.79 Å². The van der Waals surface area contributed by atoms with Crippen molar-refractivity contribution in [3.63, 3.8) is 0 Å². The maximum Gasteiger partial charge on any atom is 0.331 e. The van der Waals surface area contributed by atoms with Crippen molar-refractivity contribution in [2.24, 2.45) is 0 Å². The molecule has 1 heterocycles. The molecule has 1 amide bonds. The van der Waals surface area contributed by atoms with Gasteiger partial charge in [0, 0.05) is 12.6 Å². The van der Waals surface area contributed by atoms with Gasteiger partial charge in [-0.2, -0.15) is 0 Å². The second kappa shape index (κ2) is 6.78. The SMILES string of the molecule is C/C=C/C(=O)O[C@@H](C)C(=O)NCc1ccc2c(c1)OCO2. The van der Waals surface area contributed by atoms with Gasteiger partial charge in [-0.1, -0.05) is 12.1 Å². The molecule has 1 aliphatic heterocycles. The minimum atomic E-state index is -0.845. The molecular weight excluding hydrogens is 274 g/mol. The molecule has 6 heteroatoms. The minimum Gasteiger partial charge on any atom is -0.454 e. The van der Waals surface area contributed by atoms with Gasteiger partial charge in [0.25, 0.3) is 5.91 Å². The molecule has 6 nitrogen and oxygen atoms in total. The van der Waals surface area contributed by atoms with E-state index in [0.29, 0.717) is 18.0 Å². The summed E-state index contributed by atoms with van der Waals surface area (Å²) in [5, 5.41) is 2.70. The fourth-order valence-electron chi connectivity index (χ4n) is 1.79. The number of allylic oxidation sites excluding steroid dienone is 1. The van der Waals surface area contributed by atoms with Crippen molar-refractivity contribution >= 4 is 11.9 Å². The molecule has 112 valence electrons. The van der Waals surface area contributed by atoms with Gasteiger partial charge in [0.15, 0.2) is 17.6 Å². The molecule has 21 heavy (non-hydrogen) atoms. The molecule has 1 aromatic carbocycles. The molecule has 1 N–H and O–H groups in total. The molecule has 2 rings (SSSR count). The van der Waals surface area contributed by atoms with E-state index in [4.69, 9.17) is 14.2 Å². The number of nitrogens with one attached hydrogen (secondary N) is 1. The fourth-order valence-corrected chi connectivity index (χ4v) is 1.79. The molecule has 0 bridgehead atoms. The van der Waals surface area contributed by atoms with E-state index < -0.39 is 12.1 Å². The number of hydrogen-bond donors (Lipinski definition) is 1. The van der Waals surface area contributed by atoms with Crippen LogP contribution in [0.4, 0.5) is 0 Å². The highest BCUT2D eigenvalue weighted by Gasteiger charge is 2.17. The zero-order valence-electron chi connectivity index (χ0n) is 11.9. The number of ether oxygens (including phenoxy) is 3. The summed E-state index contributed by atoms with van der Waals surface area (Å²) in [6.07, 6.45) is 1.98. The summed E-state index contributed by atoms with van der Waals surface area (Å²) in [5.74, 6) is 0.460. The first kappa shape index (κ1) is 14.9. The zero-order chi connectivity index (χ0) is 15.2. The van der Waals surface area contributed by atoms with Crippen molar-refractivity contribution in [1.82, 2.24) is 5.32 Å². The van der Waals surface area contributed by atoms with Crippen molar-refractivity contribution in [3.05, 3.63) is 35.9 Å². The Morgan fingerprint density at radius 2 is 2.14 bits per heavy atom. The van der Waals surface area contributed by atoms with Crippen LogP contribution >= 0.6 is 0 Å². The van der Waals surface area contributed by atoms with Crippen molar-refractivity contribution in [1.29, 1.82) is 0 Å². The van der Waals surface area contributed by atoms with E-state index >= 15 is 0 Å². The van der Waals surface area contributed by atoms with Crippen LogP contribution in [0.2, 0.25) is 0 Å². The van der Waals surface area contributed by atoms with E-state index in [9.17, 15) is 9.59 Å². The molecule has 0 radical (unpaired) electrons. The van der Waals surface area contributed by atoms with Crippen molar-refractivity contribution in [3.8, 4) is 11.5 Å². The average molecular weight is 291 g/mol. The third kappa shape index (κ3) is 3.98. The molecule has 0 fully saturated rings. The summed E-state index contributed by atoms with van der Waals surface area (Å²) in [6, 6.07) is 5.43. The van der Waals surface area contributed by atoms with Gasteiger partial charge in [-0.15, -0.1) is 0 Å². The Bertz CT molecular complexity index is 567. The standard InChI is InChI=1S/C15H17NO5/c1-3-4-14(17)21-10(2)15(18)16-8-11-5-6-12-13(7-11)20-9-19-12/h3-7,10H,8-9H2,1-2H3,(H,16,18)/b4-3+/t10-/m0/s1. The number of hydrogen-bond acceptors (Lipinski definition) is 5. The quantitative estimate of drug-likeness (QED) is 0.658. The Balaban J connectivity index is 1.84. The lowest BCUT2D eigenvalue weighted by Gasteiger charge is -2.12. The van der Waals surface area contributed by atoms with Crippen molar-refractivity contribution in [2.75, 3.05) is 6.79 Å². The summed E-state index contributed by atoms with van der Waals surface area (Å²) in [6.45, 7) is 3.76. The number of rotatable bonds is 5. The largest absolute Gasteiger partial charge is 0.454 e. The molecule has 0 aromatic heterocycles. The Kier molecular flexibility index (Phi) is 4.81. The van der Waals surface area contributed by atoms with Crippen molar-refractivity contribution in [2.45, 2.75) is 26.5 Å². The normalized spacial score (nSPS) is 14.0. The third-order valence-electron chi connectivity index (χ3n) is 2.87. The van der Waals surface area contributed by atoms with Crippen LogP contribution in [0.5, 0.6) is 11.5 Å². The Hall–Kier alpha value is -2.50. The molecule has 0 unspecified atom stereocenters. The first-order chi connectivity index (χ1) is 10.1. The van der Waals surface area contributed by atoms with Gasteiger partial charge in [-0.25, -0.2) is 4.79 Å². The van der Waals surface area contributed by atoms with Gasteiger partial charge >= 0.3 is 5.97 Å². The Morgan fingerprint density at radius 3 is 2.90 bits per heavy atom. The number of amides is 1. The van der Waals surface area contributed by atoms with Crippen LogP contribution < -0.4 is 14.8 Å². The predicted molar refractivity (Wildman–Crippen MR) is 74.8 cm³/mol. The van der Waals surface area contributed by atoms with E-state index in [1.165, 1.54) is 13.0 Å². The average Bonchev–Trinajstić information content (AvgIpc) is 2.92. The molecule has 1 aliphatic rings. The van der Waals surface area contributed by atoms with Crippen LogP contribution in [0.15, 0.2) is 30.4 Å². The molecule has 0 saturated carbocycles. The van der Waals surface area contributed by atoms with Crippen molar-refractivity contribution < 1.29 is 23.8 Å². The van der Waals surface area contributed by atoms with Crippen LogP contribution in [0.25, 0.3) is 0 Å². The molecule has 1 aromatic rings. The lowest BCUT2D eigenvalue weighted by Crippen LogP contribution is -2.35. The zero-order valence-corrected chi connectivity index (χ0v) is 11.9. The minimum absolute atomic E-state index is 0.211. The van der Waals surface area contributed by atoms with Gasteiger partial charge in [-0.05, 0) is 31.5 Å². The molecule has 0 spiro atoms. The van der Waals surface area contributed by atoms with Gasteiger partial charge < -0.3 is 19.5 Å². The Morgan fingerprint density at radius 1 is 1.38 bits per heavy atom. The first-order valence-corrected chi connectivity index (χ1v) is 6.59. The summed E-state index contributed by atoms with van der Waals surface area (Å²) >= 11 is 0. The summed E-state index contributed by atoms with van der Waals surface area (Å²) in [7, 11) is 0. The van der Waals surface area contributed by atoms with Crippen LogP contribution in [-0.4, -0.2) is 24.8 Å². The number of carbonyl (C=O) groups excluding carboxylic acids is 2. The molecule has 0 aliphatic carbocycles. The molecular formula is C15H17NO5. The fraction of sp³-hybridized carbons (Fsp3) is 0.333. The van der Waals surface area contributed by atoms with Crippen LogP contribution in [0, 0.1) is 0 Å². The monoisotopic (exact) mass is 291 g/mol. The van der Waals surface area contributed by atoms with E-state index in [0.717, 1.165) is 5.56 Å². The smallest absolute Gasteiger partial charge is 0.331 e. The number of fused-ring (bicyclic) bond motifs is 1. The highest BCUT2D eigenvalue weighted by Crippen LogP contribution is 2.32.